The number of hydrogen-bond acceptors (Lipinski definition) is 3. The summed E-state index contributed by atoms with van der Waals surface area (Å²) in [7, 11) is 0. The number of morpholine rings is 1. The van der Waals surface area contributed by atoms with Crippen molar-refractivity contribution in [3.63, 3.8) is 0 Å². The summed E-state index contributed by atoms with van der Waals surface area (Å²) in [5.74, 6) is 1.12. The molecule has 0 aliphatic carbocycles. The number of ether oxygens (including phenoxy) is 1. The topological polar surface area (TPSA) is 41.6 Å². The maximum atomic E-state index is 12.1. The molecule has 4 nitrogen and oxygen atoms in total. The van der Waals surface area contributed by atoms with E-state index < -0.39 is 0 Å². The van der Waals surface area contributed by atoms with Crippen molar-refractivity contribution in [1.82, 2.24) is 10.2 Å². The normalized spacial score (nSPS) is 32.7. The molecule has 1 N–H and O–H groups in total. The molecule has 0 aromatic rings. The predicted molar refractivity (Wildman–Crippen MR) is 57.5 cm³/mol. The Morgan fingerprint density at radius 2 is 2.07 bits per heavy atom. The summed E-state index contributed by atoms with van der Waals surface area (Å²) in [4.78, 5) is 14.1. The molecule has 4 heteroatoms. The predicted octanol–water partition coefficient (Wildman–Crippen LogP) is 0.0908. The van der Waals surface area contributed by atoms with Crippen LogP contribution in [0.15, 0.2) is 0 Å². The van der Waals surface area contributed by atoms with Gasteiger partial charge in [0.05, 0.1) is 19.1 Å². The van der Waals surface area contributed by atoms with Gasteiger partial charge in [-0.25, -0.2) is 0 Å². The van der Waals surface area contributed by atoms with Gasteiger partial charge in [-0.05, 0) is 18.9 Å². The summed E-state index contributed by atoms with van der Waals surface area (Å²) in [6.07, 6.45) is 1.03. The fraction of sp³-hybridized carbons (Fsp3) is 0.909. The third-order valence-corrected chi connectivity index (χ3v) is 3.24. The lowest BCUT2D eigenvalue weighted by atomic mass is 9.91. The lowest BCUT2D eigenvalue weighted by Gasteiger charge is -2.33. The molecule has 0 saturated carbocycles. The van der Waals surface area contributed by atoms with Crippen LogP contribution in [0.25, 0.3) is 0 Å². The van der Waals surface area contributed by atoms with Gasteiger partial charge in [0.25, 0.3) is 0 Å². The van der Waals surface area contributed by atoms with Crippen molar-refractivity contribution in [3.05, 3.63) is 0 Å². The third kappa shape index (κ3) is 2.69. The quantitative estimate of drug-likeness (QED) is 0.670. The number of rotatable bonds is 1. The molecule has 1 amide bonds. The molecule has 0 radical (unpaired) electrons. The van der Waals surface area contributed by atoms with Gasteiger partial charge in [-0.1, -0.05) is 6.92 Å². The summed E-state index contributed by atoms with van der Waals surface area (Å²) in [5, 5.41) is 3.33. The third-order valence-electron chi connectivity index (χ3n) is 3.24. The zero-order valence-electron chi connectivity index (χ0n) is 9.37. The second kappa shape index (κ2) is 4.94. The number of nitrogens with zero attached hydrogens (tertiary/aromatic N) is 1. The van der Waals surface area contributed by atoms with Gasteiger partial charge in [0, 0.05) is 19.6 Å². The van der Waals surface area contributed by atoms with Gasteiger partial charge in [-0.3, -0.25) is 4.79 Å². The SMILES string of the molecule is C[C@@H]1CNC[C@H](C(=O)N2CCOCC2)C1. The van der Waals surface area contributed by atoms with Crippen LogP contribution in [-0.4, -0.2) is 50.2 Å². The standard InChI is InChI=1S/C11H20N2O2/c1-9-6-10(8-12-7-9)11(14)13-2-4-15-5-3-13/h9-10,12H,2-8H2,1H3/t9-,10+/m0/s1. The van der Waals surface area contributed by atoms with Crippen LogP contribution in [0.3, 0.4) is 0 Å². The molecule has 86 valence electrons. The van der Waals surface area contributed by atoms with Gasteiger partial charge in [0.1, 0.15) is 0 Å². The second-order valence-electron chi connectivity index (χ2n) is 4.63. The van der Waals surface area contributed by atoms with Crippen molar-refractivity contribution in [1.29, 1.82) is 0 Å². The lowest BCUT2D eigenvalue weighted by Crippen LogP contribution is -2.48. The van der Waals surface area contributed by atoms with Crippen LogP contribution >= 0.6 is 0 Å². The Labute approximate surface area is 91.0 Å². The molecule has 2 atom stereocenters. The van der Waals surface area contributed by atoms with Crippen molar-refractivity contribution >= 4 is 5.91 Å². The molecule has 0 aromatic heterocycles. The van der Waals surface area contributed by atoms with Gasteiger partial charge in [-0.2, -0.15) is 0 Å². The molecule has 2 fully saturated rings. The number of amides is 1. The minimum atomic E-state index is 0.187. The Bertz CT molecular complexity index is 227. The molecule has 2 saturated heterocycles. The molecule has 0 bridgehead atoms. The highest BCUT2D eigenvalue weighted by atomic mass is 16.5. The van der Waals surface area contributed by atoms with Crippen LogP contribution in [0.2, 0.25) is 0 Å². The van der Waals surface area contributed by atoms with Crippen molar-refractivity contribution in [2.24, 2.45) is 11.8 Å². The molecule has 0 unspecified atom stereocenters. The van der Waals surface area contributed by atoms with E-state index in [9.17, 15) is 4.79 Å². The Hall–Kier alpha value is -0.610. The molecule has 15 heavy (non-hydrogen) atoms. The van der Waals surface area contributed by atoms with Crippen molar-refractivity contribution < 1.29 is 9.53 Å². The number of carbonyl (C=O) groups excluding carboxylic acids is 1. The van der Waals surface area contributed by atoms with Crippen molar-refractivity contribution in [3.8, 4) is 0 Å². The number of carbonyl (C=O) groups is 1. The average Bonchev–Trinajstić information content (AvgIpc) is 2.29. The van der Waals surface area contributed by atoms with E-state index in [-0.39, 0.29) is 5.92 Å². The summed E-state index contributed by atoms with van der Waals surface area (Å²) in [6, 6.07) is 0. The molecular weight excluding hydrogens is 192 g/mol. The van der Waals surface area contributed by atoms with E-state index in [0.717, 1.165) is 32.6 Å². The van der Waals surface area contributed by atoms with Gasteiger partial charge < -0.3 is 15.0 Å². The smallest absolute Gasteiger partial charge is 0.227 e. The van der Waals surface area contributed by atoms with Crippen LogP contribution in [0.1, 0.15) is 13.3 Å². The highest BCUT2D eigenvalue weighted by molar-refractivity contribution is 5.79. The van der Waals surface area contributed by atoms with Crippen LogP contribution < -0.4 is 5.32 Å². The second-order valence-corrected chi connectivity index (χ2v) is 4.63. The van der Waals surface area contributed by atoms with Crippen molar-refractivity contribution in [2.75, 3.05) is 39.4 Å². The highest BCUT2D eigenvalue weighted by Crippen LogP contribution is 2.18. The van der Waals surface area contributed by atoms with Gasteiger partial charge in [0.2, 0.25) is 5.91 Å². The molecule has 0 spiro atoms. The summed E-state index contributed by atoms with van der Waals surface area (Å²) >= 11 is 0. The fourth-order valence-corrected chi connectivity index (χ4v) is 2.39. The summed E-state index contributed by atoms with van der Waals surface area (Å²) in [6.45, 7) is 7.02. The van der Waals surface area contributed by atoms with Gasteiger partial charge in [-0.15, -0.1) is 0 Å². The zero-order chi connectivity index (χ0) is 10.7. The first kappa shape index (κ1) is 10.9. The number of piperidine rings is 1. The molecule has 2 heterocycles. The van der Waals surface area contributed by atoms with E-state index in [1.54, 1.807) is 0 Å². The van der Waals surface area contributed by atoms with Gasteiger partial charge in [0.15, 0.2) is 0 Å². The maximum absolute atomic E-state index is 12.1. The number of hydrogen-bond donors (Lipinski definition) is 1. The fourth-order valence-electron chi connectivity index (χ4n) is 2.39. The monoisotopic (exact) mass is 212 g/mol. The lowest BCUT2D eigenvalue weighted by molar-refractivity contribution is -0.140. The van der Waals surface area contributed by atoms with Crippen molar-refractivity contribution in [2.45, 2.75) is 13.3 Å². The zero-order valence-corrected chi connectivity index (χ0v) is 9.37. The highest BCUT2D eigenvalue weighted by Gasteiger charge is 2.29. The van der Waals surface area contributed by atoms with Crippen LogP contribution in [-0.2, 0) is 9.53 Å². The first-order chi connectivity index (χ1) is 7.27. The first-order valence-electron chi connectivity index (χ1n) is 5.84. The molecular formula is C11H20N2O2. The van der Waals surface area contributed by atoms with E-state index in [1.807, 2.05) is 4.90 Å². The average molecular weight is 212 g/mol. The Morgan fingerprint density at radius 3 is 2.73 bits per heavy atom. The summed E-state index contributed by atoms with van der Waals surface area (Å²) in [5.41, 5.74) is 0. The largest absolute Gasteiger partial charge is 0.378 e. The minimum absolute atomic E-state index is 0.187. The summed E-state index contributed by atoms with van der Waals surface area (Å²) < 4.78 is 5.25. The Balaban J connectivity index is 1.88. The Morgan fingerprint density at radius 1 is 1.33 bits per heavy atom. The van der Waals surface area contributed by atoms with E-state index in [2.05, 4.69) is 12.2 Å². The van der Waals surface area contributed by atoms with Crippen LogP contribution in [0.5, 0.6) is 0 Å². The van der Waals surface area contributed by atoms with Crippen LogP contribution in [0, 0.1) is 11.8 Å². The Kier molecular flexibility index (Phi) is 3.59. The first-order valence-corrected chi connectivity index (χ1v) is 5.84. The van der Waals surface area contributed by atoms with E-state index in [4.69, 9.17) is 4.74 Å². The maximum Gasteiger partial charge on any atom is 0.227 e. The van der Waals surface area contributed by atoms with E-state index >= 15 is 0 Å². The van der Waals surface area contributed by atoms with E-state index in [1.165, 1.54) is 0 Å². The number of nitrogens with one attached hydrogen (secondary N) is 1. The van der Waals surface area contributed by atoms with Crippen LogP contribution in [0.4, 0.5) is 0 Å². The molecule has 2 rings (SSSR count). The molecule has 2 aliphatic heterocycles. The van der Waals surface area contributed by atoms with E-state index in [0.29, 0.717) is 25.0 Å². The minimum Gasteiger partial charge on any atom is -0.378 e. The molecule has 2 aliphatic rings. The molecule has 0 aromatic carbocycles. The van der Waals surface area contributed by atoms with Gasteiger partial charge >= 0.3 is 0 Å².